The van der Waals surface area contributed by atoms with Crippen LogP contribution in [0.5, 0.6) is 11.5 Å². The third kappa shape index (κ3) is 6.92. The van der Waals surface area contributed by atoms with E-state index in [4.69, 9.17) is 9.47 Å². The molecule has 0 bridgehead atoms. The van der Waals surface area contributed by atoms with Gasteiger partial charge < -0.3 is 14.8 Å². The van der Waals surface area contributed by atoms with Crippen molar-refractivity contribution in [1.29, 1.82) is 10.5 Å². The van der Waals surface area contributed by atoms with Crippen LogP contribution in [-0.2, 0) is 16.1 Å². The van der Waals surface area contributed by atoms with Gasteiger partial charge in [0.05, 0.1) is 7.11 Å². The number of amides is 1. The van der Waals surface area contributed by atoms with Crippen LogP contribution in [0, 0.1) is 22.7 Å². The minimum atomic E-state index is -0.837. The lowest BCUT2D eigenvalue weighted by molar-refractivity contribution is -0.129. The number of benzene rings is 3. The van der Waals surface area contributed by atoms with Crippen LogP contribution in [0.1, 0.15) is 16.7 Å². The molecule has 0 unspecified atom stereocenters. The summed E-state index contributed by atoms with van der Waals surface area (Å²) in [5, 5.41) is 21.5. The van der Waals surface area contributed by atoms with E-state index in [9.17, 15) is 20.1 Å². The zero-order chi connectivity index (χ0) is 25.0. The topological polar surface area (TPSA) is 112 Å². The Bertz CT molecular complexity index is 1350. The van der Waals surface area contributed by atoms with Gasteiger partial charge in [0.25, 0.3) is 5.91 Å². The quantitative estimate of drug-likeness (QED) is 0.229. The molecule has 0 heterocycles. The highest BCUT2D eigenvalue weighted by atomic mass is 16.6. The molecule has 3 aromatic rings. The van der Waals surface area contributed by atoms with E-state index < -0.39 is 11.9 Å². The molecule has 1 N–H and O–H groups in total. The van der Waals surface area contributed by atoms with Gasteiger partial charge in [-0.25, -0.2) is 4.79 Å². The van der Waals surface area contributed by atoms with Crippen molar-refractivity contribution < 1.29 is 19.1 Å². The Morgan fingerprint density at radius 3 is 2.09 bits per heavy atom. The number of rotatable bonds is 8. The van der Waals surface area contributed by atoms with E-state index >= 15 is 0 Å². The summed E-state index contributed by atoms with van der Waals surface area (Å²) in [5.74, 6) is -1.06. The number of hydrogen-bond acceptors (Lipinski definition) is 6. The molecule has 3 rings (SSSR count). The monoisotopic (exact) mass is 463 g/mol. The van der Waals surface area contributed by atoms with E-state index in [1.165, 1.54) is 31.4 Å². The molecule has 0 aliphatic heterocycles. The van der Waals surface area contributed by atoms with Crippen LogP contribution in [-0.4, -0.2) is 19.0 Å². The Kier molecular flexibility index (Phi) is 8.54. The minimum absolute atomic E-state index is 0.0923. The predicted octanol–water partition coefficient (Wildman–Crippen LogP) is 4.43. The number of carbonyl (C=O) groups is 2. The standard InChI is InChI=1S/C28H21N3O4/c1-34-26-16-22(15-23(17-29)27(32)31-19-21-10-6-3-7-11-21)12-13-25(26)35-28(33)24(18-30)14-20-8-4-2-5-9-20/h2-16H,19H2,1H3,(H,31,32)/b23-15+,24-14+. The molecule has 0 saturated heterocycles. The fraction of sp³-hybridized carbons (Fsp3) is 0.0714. The van der Waals surface area contributed by atoms with Gasteiger partial charge in [-0.05, 0) is 41.0 Å². The molecule has 172 valence electrons. The summed E-state index contributed by atoms with van der Waals surface area (Å²) >= 11 is 0. The van der Waals surface area contributed by atoms with Gasteiger partial charge in [0.2, 0.25) is 0 Å². The maximum absolute atomic E-state index is 12.5. The molecule has 0 radical (unpaired) electrons. The Hall–Kier alpha value is -5.14. The lowest BCUT2D eigenvalue weighted by Gasteiger charge is -2.10. The second kappa shape index (κ2) is 12.2. The summed E-state index contributed by atoms with van der Waals surface area (Å²) in [5.41, 5.74) is 1.81. The number of nitrogens with one attached hydrogen (secondary N) is 1. The first-order valence-electron chi connectivity index (χ1n) is 10.5. The molecule has 35 heavy (non-hydrogen) atoms. The lowest BCUT2D eigenvalue weighted by atomic mass is 10.1. The summed E-state index contributed by atoms with van der Waals surface area (Å²) in [7, 11) is 1.39. The van der Waals surface area contributed by atoms with Crippen LogP contribution in [0.3, 0.4) is 0 Å². The Morgan fingerprint density at radius 2 is 1.46 bits per heavy atom. The van der Waals surface area contributed by atoms with Crippen molar-refractivity contribution in [2.24, 2.45) is 0 Å². The lowest BCUT2D eigenvalue weighted by Crippen LogP contribution is -2.23. The smallest absolute Gasteiger partial charge is 0.354 e. The van der Waals surface area contributed by atoms with E-state index in [2.05, 4.69) is 5.32 Å². The van der Waals surface area contributed by atoms with Gasteiger partial charge in [0.15, 0.2) is 11.5 Å². The van der Waals surface area contributed by atoms with Crippen molar-refractivity contribution in [2.45, 2.75) is 6.54 Å². The van der Waals surface area contributed by atoms with Crippen LogP contribution in [0.2, 0.25) is 0 Å². The fourth-order valence-electron chi connectivity index (χ4n) is 3.05. The van der Waals surface area contributed by atoms with E-state index in [-0.39, 0.29) is 29.2 Å². The summed E-state index contributed by atoms with van der Waals surface area (Å²) in [6.07, 6.45) is 2.84. The number of methoxy groups -OCH3 is 1. The molecule has 0 aromatic heterocycles. The van der Waals surface area contributed by atoms with Gasteiger partial charge in [-0.3, -0.25) is 4.79 Å². The number of carbonyl (C=O) groups excluding carboxylic acids is 2. The molecule has 0 atom stereocenters. The Balaban J connectivity index is 1.75. The molecule has 0 aliphatic carbocycles. The number of nitrogens with zero attached hydrogens (tertiary/aromatic N) is 2. The number of nitriles is 2. The first-order chi connectivity index (χ1) is 17.0. The molecule has 7 nitrogen and oxygen atoms in total. The molecule has 0 saturated carbocycles. The first-order valence-corrected chi connectivity index (χ1v) is 10.5. The highest BCUT2D eigenvalue weighted by Crippen LogP contribution is 2.30. The maximum atomic E-state index is 12.5. The van der Waals surface area contributed by atoms with Crippen molar-refractivity contribution in [1.82, 2.24) is 5.32 Å². The number of hydrogen-bond donors (Lipinski definition) is 1. The average molecular weight is 463 g/mol. The van der Waals surface area contributed by atoms with Crippen LogP contribution < -0.4 is 14.8 Å². The van der Waals surface area contributed by atoms with E-state index in [0.29, 0.717) is 11.1 Å². The highest BCUT2D eigenvalue weighted by Gasteiger charge is 2.16. The van der Waals surface area contributed by atoms with E-state index in [1.54, 1.807) is 30.3 Å². The van der Waals surface area contributed by atoms with Crippen molar-refractivity contribution in [3.8, 4) is 23.6 Å². The van der Waals surface area contributed by atoms with Crippen molar-refractivity contribution >= 4 is 24.0 Å². The maximum Gasteiger partial charge on any atom is 0.354 e. The van der Waals surface area contributed by atoms with Crippen LogP contribution in [0.4, 0.5) is 0 Å². The summed E-state index contributed by atoms with van der Waals surface area (Å²) in [6, 6.07) is 26.6. The second-order valence-electron chi connectivity index (χ2n) is 7.22. The molecular formula is C28H21N3O4. The molecule has 0 spiro atoms. The highest BCUT2D eigenvalue weighted by molar-refractivity contribution is 6.02. The largest absolute Gasteiger partial charge is 0.493 e. The van der Waals surface area contributed by atoms with Gasteiger partial charge in [-0.15, -0.1) is 0 Å². The Morgan fingerprint density at radius 1 is 0.829 bits per heavy atom. The normalized spacial score (nSPS) is 11.1. The van der Waals surface area contributed by atoms with E-state index in [0.717, 1.165) is 5.56 Å². The molecule has 0 fully saturated rings. The third-order valence-corrected chi connectivity index (χ3v) is 4.81. The van der Waals surface area contributed by atoms with Crippen LogP contribution >= 0.6 is 0 Å². The fourth-order valence-corrected chi connectivity index (χ4v) is 3.05. The molecule has 1 amide bonds. The molecular weight excluding hydrogens is 442 g/mol. The SMILES string of the molecule is COc1cc(/C=C(\C#N)C(=O)NCc2ccccc2)ccc1OC(=O)/C(C#N)=C/c1ccccc1. The molecule has 7 heteroatoms. The number of esters is 1. The average Bonchev–Trinajstić information content (AvgIpc) is 2.90. The predicted molar refractivity (Wildman–Crippen MR) is 131 cm³/mol. The Labute approximate surface area is 203 Å². The van der Waals surface area contributed by atoms with Gasteiger partial charge in [-0.1, -0.05) is 66.7 Å². The van der Waals surface area contributed by atoms with E-state index in [1.807, 2.05) is 48.5 Å². The minimum Gasteiger partial charge on any atom is -0.493 e. The second-order valence-corrected chi connectivity index (χ2v) is 7.22. The summed E-state index contributed by atoms with van der Waals surface area (Å²) < 4.78 is 10.7. The van der Waals surface area contributed by atoms with Crippen molar-refractivity contribution in [3.63, 3.8) is 0 Å². The zero-order valence-corrected chi connectivity index (χ0v) is 18.9. The molecule has 0 aliphatic rings. The van der Waals surface area contributed by atoms with Gasteiger partial charge in [0.1, 0.15) is 23.3 Å². The molecule has 3 aromatic carbocycles. The van der Waals surface area contributed by atoms with Crippen molar-refractivity contribution in [2.75, 3.05) is 7.11 Å². The number of ether oxygens (including phenoxy) is 2. The first kappa shape index (κ1) is 24.5. The van der Waals surface area contributed by atoms with Crippen LogP contribution in [0.25, 0.3) is 12.2 Å². The zero-order valence-electron chi connectivity index (χ0n) is 18.9. The van der Waals surface area contributed by atoms with Gasteiger partial charge in [-0.2, -0.15) is 10.5 Å². The summed E-state index contributed by atoms with van der Waals surface area (Å²) in [4.78, 5) is 25.0. The third-order valence-electron chi connectivity index (χ3n) is 4.81. The summed E-state index contributed by atoms with van der Waals surface area (Å²) in [6.45, 7) is 0.286. The van der Waals surface area contributed by atoms with Crippen LogP contribution in [0.15, 0.2) is 90.0 Å². The van der Waals surface area contributed by atoms with Crippen molar-refractivity contribution in [3.05, 3.63) is 107 Å². The van der Waals surface area contributed by atoms with Gasteiger partial charge in [0, 0.05) is 6.54 Å². The van der Waals surface area contributed by atoms with Gasteiger partial charge >= 0.3 is 5.97 Å².